The Morgan fingerprint density at radius 3 is 2.29 bits per heavy atom. The minimum atomic E-state index is -0.740. The Balaban J connectivity index is 1.42. The standard InChI is InChI=1S/C15H25N3O3/c19-14(20)4-1-12-5-6-18(11-12)15(21)17-9-7-16(8-10-17)13-2-3-13/h12-13H,1-11H2,(H,19,20). The number of carbonyl (C=O) groups is 2. The summed E-state index contributed by atoms with van der Waals surface area (Å²) < 4.78 is 0. The summed E-state index contributed by atoms with van der Waals surface area (Å²) in [7, 11) is 0. The number of carboxylic acid groups (broad SMARTS) is 1. The summed E-state index contributed by atoms with van der Waals surface area (Å²) in [6, 6.07) is 0.942. The van der Waals surface area contributed by atoms with Gasteiger partial charge in [-0.1, -0.05) is 0 Å². The lowest BCUT2D eigenvalue weighted by Crippen LogP contribution is -2.52. The number of aliphatic carboxylic acids is 1. The van der Waals surface area contributed by atoms with Gasteiger partial charge in [0.1, 0.15) is 0 Å². The number of nitrogens with zero attached hydrogens (tertiary/aromatic N) is 3. The molecule has 1 aliphatic carbocycles. The van der Waals surface area contributed by atoms with Crippen molar-refractivity contribution in [3.8, 4) is 0 Å². The molecule has 1 saturated carbocycles. The molecule has 0 aromatic rings. The van der Waals surface area contributed by atoms with E-state index in [0.29, 0.717) is 12.3 Å². The second kappa shape index (κ2) is 6.22. The number of piperazine rings is 1. The average molecular weight is 295 g/mol. The molecule has 1 unspecified atom stereocenters. The number of rotatable bonds is 4. The molecule has 0 spiro atoms. The van der Waals surface area contributed by atoms with Gasteiger partial charge in [-0.2, -0.15) is 0 Å². The molecule has 0 aromatic heterocycles. The van der Waals surface area contributed by atoms with Crippen LogP contribution < -0.4 is 0 Å². The number of hydrogen-bond acceptors (Lipinski definition) is 3. The molecule has 1 atom stereocenters. The highest BCUT2D eigenvalue weighted by Gasteiger charge is 2.34. The van der Waals surface area contributed by atoms with Crippen LogP contribution in [0.5, 0.6) is 0 Å². The molecule has 2 amide bonds. The fourth-order valence-electron chi connectivity index (χ4n) is 3.49. The molecule has 3 aliphatic rings. The van der Waals surface area contributed by atoms with Gasteiger partial charge in [-0.3, -0.25) is 9.69 Å². The van der Waals surface area contributed by atoms with Crippen molar-refractivity contribution >= 4 is 12.0 Å². The van der Waals surface area contributed by atoms with E-state index in [4.69, 9.17) is 5.11 Å². The lowest BCUT2D eigenvalue weighted by Gasteiger charge is -2.36. The van der Waals surface area contributed by atoms with Crippen molar-refractivity contribution < 1.29 is 14.7 Å². The van der Waals surface area contributed by atoms with Crippen LogP contribution in [0.2, 0.25) is 0 Å². The summed E-state index contributed by atoms with van der Waals surface area (Å²) in [6.45, 7) is 5.21. The van der Waals surface area contributed by atoms with Gasteiger partial charge in [0.2, 0.25) is 0 Å². The zero-order valence-corrected chi connectivity index (χ0v) is 12.5. The number of hydrogen-bond donors (Lipinski definition) is 1. The maximum absolute atomic E-state index is 12.5. The highest BCUT2D eigenvalue weighted by Crippen LogP contribution is 2.28. The molecule has 0 bridgehead atoms. The van der Waals surface area contributed by atoms with Crippen molar-refractivity contribution in [1.82, 2.24) is 14.7 Å². The number of carbonyl (C=O) groups excluding carboxylic acids is 1. The van der Waals surface area contributed by atoms with Gasteiger partial charge in [-0.05, 0) is 31.6 Å². The first-order valence-corrected chi connectivity index (χ1v) is 8.13. The summed E-state index contributed by atoms with van der Waals surface area (Å²) in [5, 5.41) is 8.73. The van der Waals surface area contributed by atoms with E-state index in [1.807, 2.05) is 9.80 Å². The predicted molar refractivity (Wildman–Crippen MR) is 78.1 cm³/mol. The number of amides is 2. The van der Waals surface area contributed by atoms with E-state index in [9.17, 15) is 9.59 Å². The van der Waals surface area contributed by atoms with Gasteiger partial charge in [-0.15, -0.1) is 0 Å². The van der Waals surface area contributed by atoms with Crippen LogP contribution in [0.15, 0.2) is 0 Å². The maximum atomic E-state index is 12.5. The third-order valence-electron chi connectivity index (χ3n) is 4.97. The Kier molecular flexibility index (Phi) is 4.33. The first-order chi connectivity index (χ1) is 10.1. The largest absolute Gasteiger partial charge is 0.481 e. The minimum Gasteiger partial charge on any atom is -0.481 e. The summed E-state index contributed by atoms with van der Waals surface area (Å²) in [4.78, 5) is 29.5. The molecule has 21 heavy (non-hydrogen) atoms. The fraction of sp³-hybridized carbons (Fsp3) is 0.867. The topological polar surface area (TPSA) is 64.1 Å². The molecular weight excluding hydrogens is 270 g/mol. The molecule has 0 radical (unpaired) electrons. The van der Waals surface area contributed by atoms with Gasteiger partial charge in [0.15, 0.2) is 0 Å². The van der Waals surface area contributed by atoms with Crippen LogP contribution in [-0.2, 0) is 4.79 Å². The molecule has 2 heterocycles. The Hall–Kier alpha value is -1.30. The van der Waals surface area contributed by atoms with E-state index in [1.54, 1.807) is 0 Å². The molecule has 3 rings (SSSR count). The van der Waals surface area contributed by atoms with Crippen molar-refractivity contribution in [1.29, 1.82) is 0 Å². The first kappa shape index (κ1) is 14.6. The highest BCUT2D eigenvalue weighted by molar-refractivity contribution is 5.75. The van der Waals surface area contributed by atoms with Gasteiger partial charge in [0.05, 0.1) is 0 Å². The monoisotopic (exact) mass is 295 g/mol. The third kappa shape index (κ3) is 3.67. The van der Waals surface area contributed by atoms with Crippen molar-refractivity contribution in [2.75, 3.05) is 39.3 Å². The molecule has 2 aliphatic heterocycles. The minimum absolute atomic E-state index is 0.156. The molecule has 0 aromatic carbocycles. The van der Waals surface area contributed by atoms with E-state index < -0.39 is 5.97 Å². The Morgan fingerprint density at radius 1 is 0.952 bits per heavy atom. The molecule has 2 saturated heterocycles. The lowest BCUT2D eigenvalue weighted by atomic mass is 10.0. The van der Waals surface area contributed by atoms with Crippen LogP contribution in [-0.4, -0.2) is 77.1 Å². The van der Waals surface area contributed by atoms with E-state index >= 15 is 0 Å². The fourth-order valence-corrected chi connectivity index (χ4v) is 3.49. The Bertz CT molecular complexity index is 403. The van der Waals surface area contributed by atoms with Gasteiger partial charge < -0.3 is 14.9 Å². The van der Waals surface area contributed by atoms with Crippen LogP contribution in [0.4, 0.5) is 4.79 Å². The van der Waals surface area contributed by atoms with E-state index in [-0.39, 0.29) is 12.5 Å². The van der Waals surface area contributed by atoms with Gasteiger partial charge in [0.25, 0.3) is 0 Å². The molecule has 118 valence electrons. The Morgan fingerprint density at radius 2 is 1.67 bits per heavy atom. The summed E-state index contributed by atoms with van der Waals surface area (Å²) in [5.41, 5.74) is 0. The van der Waals surface area contributed by atoms with Gasteiger partial charge in [-0.25, -0.2) is 4.79 Å². The van der Waals surface area contributed by atoms with E-state index in [0.717, 1.165) is 51.7 Å². The van der Waals surface area contributed by atoms with Crippen molar-refractivity contribution in [2.24, 2.45) is 5.92 Å². The van der Waals surface area contributed by atoms with Gasteiger partial charge >= 0.3 is 12.0 Å². The average Bonchev–Trinajstić information content (AvgIpc) is 3.23. The van der Waals surface area contributed by atoms with E-state index in [1.165, 1.54) is 12.8 Å². The molecule has 6 nitrogen and oxygen atoms in total. The predicted octanol–water partition coefficient (Wildman–Crippen LogP) is 1.07. The number of urea groups is 1. The maximum Gasteiger partial charge on any atom is 0.320 e. The molecular formula is C15H25N3O3. The summed E-state index contributed by atoms with van der Waals surface area (Å²) >= 11 is 0. The van der Waals surface area contributed by atoms with E-state index in [2.05, 4.69) is 4.90 Å². The quantitative estimate of drug-likeness (QED) is 0.843. The van der Waals surface area contributed by atoms with Crippen LogP contribution in [0.25, 0.3) is 0 Å². The van der Waals surface area contributed by atoms with Crippen molar-refractivity contribution in [2.45, 2.75) is 38.1 Å². The van der Waals surface area contributed by atoms with Gasteiger partial charge in [0, 0.05) is 51.7 Å². The smallest absolute Gasteiger partial charge is 0.320 e. The number of likely N-dealkylation sites (tertiary alicyclic amines) is 1. The summed E-state index contributed by atoms with van der Waals surface area (Å²) in [6.07, 6.45) is 4.50. The lowest BCUT2D eigenvalue weighted by molar-refractivity contribution is -0.137. The van der Waals surface area contributed by atoms with Crippen molar-refractivity contribution in [3.05, 3.63) is 0 Å². The normalized spacial score (nSPS) is 27.1. The zero-order chi connectivity index (χ0) is 14.8. The number of carboxylic acids is 1. The van der Waals surface area contributed by atoms with Crippen molar-refractivity contribution in [3.63, 3.8) is 0 Å². The molecule has 6 heteroatoms. The zero-order valence-electron chi connectivity index (χ0n) is 12.5. The SMILES string of the molecule is O=C(O)CCC1CCN(C(=O)N2CCN(C3CC3)CC2)C1. The van der Waals surface area contributed by atoms with Crippen LogP contribution in [0.1, 0.15) is 32.1 Å². The third-order valence-corrected chi connectivity index (χ3v) is 4.97. The van der Waals surface area contributed by atoms with Crippen LogP contribution >= 0.6 is 0 Å². The molecule has 1 N–H and O–H groups in total. The highest BCUT2D eigenvalue weighted by atomic mass is 16.4. The van der Waals surface area contributed by atoms with Crippen LogP contribution in [0, 0.1) is 5.92 Å². The molecule has 3 fully saturated rings. The summed E-state index contributed by atoms with van der Waals surface area (Å²) in [5.74, 6) is -0.381. The Labute approximate surface area is 125 Å². The van der Waals surface area contributed by atoms with Crippen LogP contribution in [0.3, 0.4) is 0 Å². The second-order valence-electron chi connectivity index (χ2n) is 6.57. The first-order valence-electron chi connectivity index (χ1n) is 8.13. The second-order valence-corrected chi connectivity index (χ2v) is 6.57.